The SMILES string of the molecule is CC(CN(CCC(C)C)C1CCCC1)=C1CNC1. The quantitative estimate of drug-likeness (QED) is 0.728. The van der Waals surface area contributed by atoms with Crippen LogP contribution in [0.1, 0.15) is 52.9 Å². The van der Waals surface area contributed by atoms with E-state index in [0.29, 0.717) is 0 Å². The molecule has 2 rings (SSSR count). The third kappa shape index (κ3) is 3.83. The van der Waals surface area contributed by atoms with Crippen LogP contribution in [0.25, 0.3) is 0 Å². The van der Waals surface area contributed by atoms with Crippen LogP contribution in [0.3, 0.4) is 0 Å². The average Bonchev–Trinajstić information content (AvgIpc) is 2.74. The number of rotatable bonds is 6. The normalized spacial score (nSPS) is 20.8. The fourth-order valence-electron chi connectivity index (χ4n) is 3.05. The number of hydrogen-bond donors (Lipinski definition) is 1. The summed E-state index contributed by atoms with van der Waals surface area (Å²) in [6.07, 6.45) is 7.09. The van der Waals surface area contributed by atoms with Crippen LogP contribution < -0.4 is 5.32 Å². The minimum Gasteiger partial charge on any atom is -0.309 e. The van der Waals surface area contributed by atoms with Gasteiger partial charge in [-0.2, -0.15) is 0 Å². The van der Waals surface area contributed by atoms with Crippen molar-refractivity contribution >= 4 is 0 Å². The highest BCUT2D eigenvalue weighted by Crippen LogP contribution is 2.25. The van der Waals surface area contributed by atoms with Crippen molar-refractivity contribution in [3.8, 4) is 0 Å². The van der Waals surface area contributed by atoms with Gasteiger partial charge in [0.25, 0.3) is 0 Å². The Kier molecular flexibility index (Phi) is 5.25. The maximum absolute atomic E-state index is 3.36. The molecular formula is C16H30N2. The Hall–Kier alpha value is -0.340. The first kappa shape index (κ1) is 14.1. The molecule has 0 aromatic heterocycles. The molecule has 0 aromatic rings. The largest absolute Gasteiger partial charge is 0.309 e. The van der Waals surface area contributed by atoms with E-state index in [1.54, 1.807) is 11.1 Å². The van der Waals surface area contributed by atoms with E-state index in [1.807, 2.05) is 0 Å². The van der Waals surface area contributed by atoms with Crippen LogP contribution >= 0.6 is 0 Å². The van der Waals surface area contributed by atoms with E-state index in [9.17, 15) is 0 Å². The van der Waals surface area contributed by atoms with Gasteiger partial charge in [0.2, 0.25) is 0 Å². The summed E-state index contributed by atoms with van der Waals surface area (Å²) in [6.45, 7) is 11.8. The summed E-state index contributed by atoms with van der Waals surface area (Å²) >= 11 is 0. The van der Waals surface area contributed by atoms with Gasteiger partial charge < -0.3 is 5.32 Å². The molecule has 0 radical (unpaired) electrons. The Morgan fingerprint density at radius 3 is 2.44 bits per heavy atom. The summed E-state index contributed by atoms with van der Waals surface area (Å²) in [4.78, 5) is 2.77. The molecule has 2 heteroatoms. The molecule has 104 valence electrons. The molecule has 1 aliphatic heterocycles. The van der Waals surface area contributed by atoms with Gasteiger partial charge in [-0.3, -0.25) is 4.90 Å². The summed E-state index contributed by atoms with van der Waals surface area (Å²) in [5.41, 5.74) is 3.28. The molecule has 0 aromatic carbocycles. The van der Waals surface area contributed by atoms with Crippen LogP contribution in [0.5, 0.6) is 0 Å². The lowest BCUT2D eigenvalue weighted by Gasteiger charge is -2.32. The topological polar surface area (TPSA) is 15.3 Å². The molecule has 2 nitrogen and oxygen atoms in total. The minimum absolute atomic E-state index is 0.826. The van der Waals surface area contributed by atoms with E-state index in [1.165, 1.54) is 45.2 Å². The first-order valence-corrected chi connectivity index (χ1v) is 7.79. The maximum atomic E-state index is 3.36. The van der Waals surface area contributed by atoms with Gasteiger partial charge in [0.15, 0.2) is 0 Å². The maximum Gasteiger partial charge on any atom is 0.0196 e. The molecule has 0 unspecified atom stereocenters. The number of nitrogens with one attached hydrogen (secondary N) is 1. The molecule has 1 N–H and O–H groups in total. The Morgan fingerprint density at radius 1 is 1.28 bits per heavy atom. The summed E-state index contributed by atoms with van der Waals surface area (Å²) in [6, 6.07) is 0.868. The summed E-state index contributed by atoms with van der Waals surface area (Å²) in [5, 5.41) is 3.36. The lowest BCUT2D eigenvalue weighted by molar-refractivity contribution is 0.203. The first-order valence-electron chi connectivity index (χ1n) is 7.79. The highest BCUT2D eigenvalue weighted by atomic mass is 15.2. The van der Waals surface area contributed by atoms with Gasteiger partial charge in [-0.05, 0) is 44.2 Å². The number of hydrogen-bond acceptors (Lipinski definition) is 2. The average molecular weight is 250 g/mol. The minimum atomic E-state index is 0.826. The van der Waals surface area contributed by atoms with Gasteiger partial charge in [0.1, 0.15) is 0 Å². The van der Waals surface area contributed by atoms with Crippen molar-refractivity contribution in [2.45, 2.75) is 58.9 Å². The van der Waals surface area contributed by atoms with Gasteiger partial charge in [0, 0.05) is 25.7 Å². The van der Waals surface area contributed by atoms with Crippen molar-refractivity contribution < 1.29 is 0 Å². The van der Waals surface area contributed by atoms with Crippen LogP contribution in [0.4, 0.5) is 0 Å². The summed E-state index contributed by atoms with van der Waals surface area (Å²) < 4.78 is 0. The smallest absolute Gasteiger partial charge is 0.0196 e. The highest BCUT2D eigenvalue weighted by molar-refractivity contribution is 5.22. The van der Waals surface area contributed by atoms with E-state index in [4.69, 9.17) is 0 Å². The molecular weight excluding hydrogens is 220 g/mol. The van der Waals surface area contributed by atoms with Crippen molar-refractivity contribution in [3.63, 3.8) is 0 Å². The Morgan fingerprint density at radius 2 is 1.94 bits per heavy atom. The van der Waals surface area contributed by atoms with E-state index in [0.717, 1.165) is 25.0 Å². The van der Waals surface area contributed by atoms with Crippen LogP contribution in [0.15, 0.2) is 11.1 Å². The first-order chi connectivity index (χ1) is 8.66. The molecule has 1 saturated heterocycles. The zero-order valence-electron chi connectivity index (χ0n) is 12.5. The molecule has 0 atom stereocenters. The van der Waals surface area contributed by atoms with Crippen LogP contribution in [0.2, 0.25) is 0 Å². The molecule has 1 heterocycles. The fraction of sp³-hybridized carbons (Fsp3) is 0.875. The second kappa shape index (κ2) is 6.72. The zero-order valence-corrected chi connectivity index (χ0v) is 12.5. The summed E-state index contributed by atoms with van der Waals surface area (Å²) in [5.74, 6) is 0.826. The monoisotopic (exact) mass is 250 g/mol. The second-order valence-corrected chi connectivity index (χ2v) is 6.58. The summed E-state index contributed by atoms with van der Waals surface area (Å²) in [7, 11) is 0. The highest BCUT2D eigenvalue weighted by Gasteiger charge is 2.23. The van der Waals surface area contributed by atoms with E-state index in [2.05, 4.69) is 31.0 Å². The van der Waals surface area contributed by atoms with Crippen LogP contribution in [-0.2, 0) is 0 Å². The van der Waals surface area contributed by atoms with E-state index >= 15 is 0 Å². The predicted molar refractivity (Wildman–Crippen MR) is 78.9 cm³/mol. The third-order valence-corrected chi connectivity index (χ3v) is 4.56. The molecule has 0 amide bonds. The van der Waals surface area contributed by atoms with Gasteiger partial charge in [0.05, 0.1) is 0 Å². The molecule has 2 aliphatic rings. The van der Waals surface area contributed by atoms with Crippen molar-refractivity contribution in [1.82, 2.24) is 10.2 Å². The third-order valence-electron chi connectivity index (χ3n) is 4.56. The lowest BCUT2D eigenvalue weighted by Crippen LogP contribution is -2.39. The molecule has 18 heavy (non-hydrogen) atoms. The Balaban J connectivity index is 1.90. The fourth-order valence-corrected chi connectivity index (χ4v) is 3.05. The molecule has 0 spiro atoms. The predicted octanol–water partition coefficient (Wildman–Crippen LogP) is 3.20. The van der Waals surface area contributed by atoms with Crippen molar-refractivity contribution in [2.24, 2.45) is 5.92 Å². The van der Waals surface area contributed by atoms with Gasteiger partial charge in [-0.1, -0.05) is 32.3 Å². The van der Waals surface area contributed by atoms with E-state index < -0.39 is 0 Å². The molecule has 1 saturated carbocycles. The number of nitrogens with zero attached hydrogens (tertiary/aromatic N) is 1. The molecule has 2 fully saturated rings. The zero-order chi connectivity index (χ0) is 13.0. The van der Waals surface area contributed by atoms with Gasteiger partial charge in [-0.25, -0.2) is 0 Å². The standard InChI is InChI=1S/C16H30N2/c1-13(2)8-9-18(16-6-4-5-7-16)12-14(3)15-10-17-11-15/h13,16-17H,4-12H2,1-3H3. The lowest BCUT2D eigenvalue weighted by atomic mass is 10.0. The van der Waals surface area contributed by atoms with Crippen LogP contribution in [-0.4, -0.2) is 37.1 Å². The van der Waals surface area contributed by atoms with Crippen LogP contribution in [0, 0.1) is 5.92 Å². The van der Waals surface area contributed by atoms with Gasteiger partial charge in [-0.15, -0.1) is 0 Å². The second-order valence-electron chi connectivity index (χ2n) is 6.58. The van der Waals surface area contributed by atoms with Crippen molar-refractivity contribution in [3.05, 3.63) is 11.1 Å². The Bertz CT molecular complexity index is 281. The van der Waals surface area contributed by atoms with E-state index in [-0.39, 0.29) is 0 Å². The molecule has 1 aliphatic carbocycles. The van der Waals surface area contributed by atoms with Crippen molar-refractivity contribution in [1.29, 1.82) is 0 Å². The van der Waals surface area contributed by atoms with Gasteiger partial charge >= 0.3 is 0 Å². The van der Waals surface area contributed by atoms with Crippen molar-refractivity contribution in [2.75, 3.05) is 26.2 Å². The Labute approximate surface area is 113 Å². The molecule has 0 bridgehead atoms.